The van der Waals surface area contributed by atoms with E-state index in [0.717, 1.165) is 6.33 Å². The van der Waals surface area contributed by atoms with Crippen LogP contribution in [-0.2, 0) is 10.0 Å². The lowest BCUT2D eigenvalue weighted by Crippen LogP contribution is -2.17. The van der Waals surface area contributed by atoms with Gasteiger partial charge in [0.05, 0.1) is 0 Å². The predicted octanol–water partition coefficient (Wildman–Crippen LogP) is 1.84. The van der Waals surface area contributed by atoms with E-state index in [2.05, 4.69) is 14.7 Å². The van der Waals surface area contributed by atoms with Gasteiger partial charge in [0.1, 0.15) is 39.3 Å². The van der Waals surface area contributed by atoms with E-state index in [1.165, 1.54) is 19.9 Å². The number of carboxylic acids is 1. The first kappa shape index (κ1) is 15.3. The average Bonchev–Trinajstić information content (AvgIpc) is 2.64. The monoisotopic (exact) mass is 331 g/mol. The standard InChI is InChI=1S/C11H10ClN3O5S/c1-5-9(11(16)17)10(6(2)20-5)21(18,19)15-8-3-7(12)13-4-14-8/h3-4H,1-2H3,(H,16,17)(H,13,14,15). The van der Waals surface area contributed by atoms with Gasteiger partial charge in [-0.2, -0.15) is 0 Å². The van der Waals surface area contributed by atoms with Gasteiger partial charge >= 0.3 is 5.97 Å². The molecule has 0 saturated heterocycles. The number of carbonyl (C=O) groups is 1. The molecule has 0 saturated carbocycles. The summed E-state index contributed by atoms with van der Waals surface area (Å²) in [6.07, 6.45) is 1.08. The van der Waals surface area contributed by atoms with Crippen molar-refractivity contribution in [2.24, 2.45) is 0 Å². The fourth-order valence-electron chi connectivity index (χ4n) is 1.81. The molecule has 0 radical (unpaired) electrons. The van der Waals surface area contributed by atoms with Crippen molar-refractivity contribution in [3.63, 3.8) is 0 Å². The van der Waals surface area contributed by atoms with Crippen LogP contribution in [-0.4, -0.2) is 29.5 Å². The highest BCUT2D eigenvalue weighted by Crippen LogP contribution is 2.28. The normalized spacial score (nSPS) is 11.4. The van der Waals surface area contributed by atoms with E-state index in [9.17, 15) is 13.2 Å². The molecule has 0 fully saturated rings. The molecular weight excluding hydrogens is 322 g/mol. The second kappa shape index (κ2) is 5.34. The van der Waals surface area contributed by atoms with Crippen LogP contribution in [0.5, 0.6) is 0 Å². The molecule has 21 heavy (non-hydrogen) atoms. The lowest BCUT2D eigenvalue weighted by molar-refractivity contribution is 0.0691. The van der Waals surface area contributed by atoms with Crippen LogP contribution in [0.2, 0.25) is 5.15 Å². The first-order chi connectivity index (χ1) is 9.72. The maximum atomic E-state index is 12.3. The third kappa shape index (κ3) is 2.98. The van der Waals surface area contributed by atoms with Crippen molar-refractivity contribution in [1.29, 1.82) is 0 Å². The van der Waals surface area contributed by atoms with Crippen molar-refractivity contribution in [2.45, 2.75) is 18.7 Å². The highest BCUT2D eigenvalue weighted by atomic mass is 35.5. The fraction of sp³-hybridized carbons (Fsp3) is 0.182. The van der Waals surface area contributed by atoms with E-state index in [-0.39, 0.29) is 22.5 Å². The lowest BCUT2D eigenvalue weighted by atomic mass is 10.2. The van der Waals surface area contributed by atoms with Gasteiger partial charge < -0.3 is 9.52 Å². The first-order valence-corrected chi connectivity index (χ1v) is 7.42. The fourth-order valence-corrected chi connectivity index (χ4v) is 3.37. The van der Waals surface area contributed by atoms with Gasteiger partial charge in [0.2, 0.25) is 0 Å². The molecule has 0 aliphatic heterocycles. The highest BCUT2D eigenvalue weighted by molar-refractivity contribution is 7.92. The summed E-state index contributed by atoms with van der Waals surface area (Å²) in [5, 5.41) is 9.18. The van der Waals surface area contributed by atoms with Crippen LogP contribution in [0.4, 0.5) is 5.82 Å². The van der Waals surface area contributed by atoms with E-state index >= 15 is 0 Å². The number of nitrogens with zero attached hydrogens (tertiary/aromatic N) is 2. The Labute approximate surface area is 124 Å². The van der Waals surface area contributed by atoms with E-state index in [1.54, 1.807) is 0 Å². The summed E-state index contributed by atoms with van der Waals surface area (Å²) in [5.41, 5.74) is -0.417. The number of anilines is 1. The van der Waals surface area contributed by atoms with Crippen molar-refractivity contribution in [1.82, 2.24) is 9.97 Å². The van der Waals surface area contributed by atoms with Gasteiger partial charge in [-0.1, -0.05) is 11.6 Å². The summed E-state index contributed by atoms with van der Waals surface area (Å²) in [7, 11) is -4.19. The summed E-state index contributed by atoms with van der Waals surface area (Å²) in [6, 6.07) is 1.20. The van der Waals surface area contributed by atoms with Crippen LogP contribution in [0.25, 0.3) is 0 Å². The highest BCUT2D eigenvalue weighted by Gasteiger charge is 2.31. The first-order valence-electron chi connectivity index (χ1n) is 5.56. The largest absolute Gasteiger partial charge is 0.478 e. The van der Waals surface area contributed by atoms with Gasteiger partial charge in [-0.3, -0.25) is 4.72 Å². The molecule has 8 nitrogen and oxygen atoms in total. The second-order valence-electron chi connectivity index (χ2n) is 4.06. The Morgan fingerprint density at radius 3 is 2.57 bits per heavy atom. The number of hydrogen-bond donors (Lipinski definition) is 2. The maximum absolute atomic E-state index is 12.3. The number of rotatable bonds is 4. The number of carboxylic acid groups (broad SMARTS) is 1. The van der Waals surface area contributed by atoms with Crippen LogP contribution < -0.4 is 4.72 Å². The predicted molar refractivity (Wildman–Crippen MR) is 73.0 cm³/mol. The summed E-state index contributed by atoms with van der Waals surface area (Å²) >= 11 is 5.64. The third-order valence-electron chi connectivity index (χ3n) is 2.56. The summed E-state index contributed by atoms with van der Waals surface area (Å²) in [5.74, 6) is -1.51. The van der Waals surface area contributed by atoms with Crippen LogP contribution in [0.1, 0.15) is 21.9 Å². The van der Waals surface area contributed by atoms with Crippen molar-refractivity contribution in [3.8, 4) is 0 Å². The SMILES string of the molecule is Cc1oc(C)c(S(=O)(=O)Nc2cc(Cl)ncn2)c1C(=O)O. The van der Waals surface area contributed by atoms with Crippen LogP contribution in [0.3, 0.4) is 0 Å². The molecule has 2 aromatic rings. The smallest absolute Gasteiger partial charge is 0.340 e. The number of hydrogen-bond acceptors (Lipinski definition) is 6. The van der Waals surface area contributed by atoms with Crippen molar-refractivity contribution in [3.05, 3.63) is 34.6 Å². The molecule has 10 heteroatoms. The van der Waals surface area contributed by atoms with Gasteiger partial charge in [0, 0.05) is 6.07 Å². The number of halogens is 1. The molecule has 2 heterocycles. The van der Waals surface area contributed by atoms with E-state index in [4.69, 9.17) is 21.1 Å². The van der Waals surface area contributed by atoms with E-state index in [0.29, 0.717) is 0 Å². The number of sulfonamides is 1. The van der Waals surface area contributed by atoms with Crippen LogP contribution in [0, 0.1) is 13.8 Å². The molecule has 2 aromatic heterocycles. The molecule has 0 aromatic carbocycles. The van der Waals surface area contributed by atoms with Crippen molar-refractivity contribution >= 4 is 33.4 Å². The van der Waals surface area contributed by atoms with Gasteiger partial charge in [-0.25, -0.2) is 23.2 Å². The van der Waals surface area contributed by atoms with Crippen LogP contribution >= 0.6 is 11.6 Å². The quantitative estimate of drug-likeness (QED) is 0.819. The minimum Gasteiger partial charge on any atom is -0.478 e. The van der Waals surface area contributed by atoms with Gasteiger partial charge in [0.15, 0.2) is 0 Å². The molecule has 2 N–H and O–H groups in total. The number of furan rings is 1. The topological polar surface area (TPSA) is 122 Å². The Bertz CT molecular complexity index is 815. The van der Waals surface area contributed by atoms with Crippen molar-refractivity contribution < 1.29 is 22.7 Å². The Balaban J connectivity index is 2.53. The Hall–Kier alpha value is -2.13. The van der Waals surface area contributed by atoms with Gasteiger partial charge in [-0.15, -0.1) is 0 Å². The zero-order chi connectivity index (χ0) is 15.8. The number of aromatic nitrogens is 2. The van der Waals surface area contributed by atoms with Crippen LogP contribution in [0.15, 0.2) is 21.7 Å². The van der Waals surface area contributed by atoms with Gasteiger partial charge in [-0.05, 0) is 13.8 Å². The molecule has 0 atom stereocenters. The lowest BCUT2D eigenvalue weighted by Gasteiger charge is -2.07. The Morgan fingerprint density at radius 1 is 1.33 bits per heavy atom. The Kier molecular flexibility index (Phi) is 3.88. The zero-order valence-corrected chi connectivity index (χ0v) is 12.5. The molecule has 0 unspecified atom stereocenters. The third-order valence-corrected chi connectivity index (χ3v) is 4.27. The molecule has 0 bridgehead atoms. The van der Waals surface area contributed by atoms with E-state index < -0.39 is 26.5 Å². The second-order valence-corrected chi connectivity index (χ2v) is 6.06. The molecule has 2 rings (SSSR count). The minimum absolute atomic E-state index is 0.00101. The molecule has 0 amide bonds. The average molecular weight is 332 g/mol. The number of nitrogens with one attached hydrogen (secondary N) is 1. The molecule has 0 aliphatic carbocycles. The maximum Gasteiger partial charge on any atom is 0.340 e. The van der Waals surface area contributed by atoms with Crippen molar-refractivity contribution in [2.75, 3.05) is 4.72 Å². The molecule has 0 spiro atoms. The minimum atomic E-state index is -4.19. The Morgan fingerprint density at radius 2 is 2.00 bits per heavy atom. The summed E-state index contributed by atoms with van der Waals surface area (Å²) in [4.78, 5) is 18.1. The summed E-state index contributed by atoms with van der Waals surface area (Å²) < 4.78 is 31.9. The van der Waals surface area contributed by atoms with Gasteiger partial charge in [0.25, 0.3) is 10.0 Å². The number of aromatic carboxylic acids is 1. The molecular formula is C11H10ClN3O5S. The zero-order valence-electron chi connectivity index (χ0n) is 10.9. The molecule has 0 aliphatic rings. The molecule has 112 valence electrons. The van der Waals surface area contributed by atoms with E-state index in [1.807, 2.05) is 0 Å². The number of aryl methyl sites for hydroxylation is 2. The summed E-state index contributed by atoms with van der Waals surface area (Å²) in [6.45, 7) is 2.73.